The summed E-state index contributed by atoms with van der Waals surface area (Å²) in [5.74, 6) is -0.611. The number of carboxylic acids is 1. The molecule has 1 atom stereocenters. The number of aromatic nitrogens is 4. The van der Waals surface area contributed by atoms with Crippen LogP contribution in [0.3, 0.4) is 0 Å². The van der Waals surface area contributed by atoms with Crippen LogP contribution in [0.2, 0.25) is 0 Å². The normalized spacial score (nSPS) is 16.3. The van der Waals surface area contributed by atoms with Crippen LogP contribution in [0.1, 0.15) is 23.4 Å². The maximum Gasteiger partial charge on any atom is 0.308 e. The van der Waals surface area contributed by atoms with E-state index in [9.17, 15) is 9.59 Å². The molecular weight excluding hydrogens is 374 g/mol. The Morgan fingerprint density at radius 1 is 1.31 bits per heavy atom. The second-order valence-electron chi connectivity index (χ2n) is 7.23. The van der Waals surface area contributed by atoms with Gasteiger partial charge in [0.05, 0.1) is 24.3 Å². The lowest BCUT2D eigenvalue weighted by molar-refractivity contribution is -0.140. The Kier molecular flexibility index (Phi) is 4.87. The molecule has 1 aliphatic rings. The van der Waals surface area contributed by atoms with E-state index in [4.69, 9.17) is 9.63 Å². The number of hydrogen-bond acceptors (Lipinski definition) is 7. The van der Waals surface area contributed by atoms with Crippen molar-refractivity contribution in [1.82, 2.24) is 19.9 Å². The third-order valence-electron chi connectivity index (χ3n) is 5.24. The fraction of sp³-hybridized carbons (Fsp3) is 0.350. The molecule has 0 aromatic carbocycles. The molecule has 0 unspecified atom stereocenters. The zero-order chi connectivity index (χ0) is 20.5. The molecular formula is C20H21N5O4. The number of hydrogen-bond donors (Lipinski definition) is 1. The van der Waals surface area contributed by atoms with E-state index in [1.807, 2.05) is 24.0 Å². The molecule has 0 aliphatic carbocycles. The van der Waals surface area contributed by atoms with E-state index in [1.54, 1.807) is 19.3 Å². The van der Waals surface area contributed by atoms with Gasteiger partial charge in [-0.25, -0.2) is 4.68 Å². The Morgan fingerprint density at radius 2 is 2.14 bits per heavy atom. The molecule has 3 aromatic heterocycles. The highest BCUT2D eigenvalue weighted by Crippen LogP contribution is 2.26. The Morgan fingerprint density at radius 3 is 2.79 bits per heavy atom. The highest BCUT2D eigenvalue weighted by Gasteiger charge is 2.28. The van der Waals surface area contributed by atoms with Crippen LogP contribution in [0.25, 0.3) is 11.3 Å². The molecule has 29 heavy (non-hydrogen) atoms. The van der Waals surface area contributed by atoms with Gasteiger partial charge in [0.15, 0.2) is 0 Å². The van der Waals surface area contributed by atoms with Crippen molar-refractivity contribution < 1.29 is 14.4 Å². The first kappa shape index (κ1) is 18.9. The number of nitrogens with zero attached hydrogens (tertiary/aromatic N) is 5. The molecule has 1 fully saturated rings. The van der Waals surface area contributed by atoms with Crippen molar-refractivity contribution in [3.63, 3.8) is 0 Å². The number of rotatable bonds is 5. The minimum atomic E-state index is -0.810. The van der Waals surface area contributed by atoms with Crippen molar-refractivity contribution in [1.29, 1.82) is 0 Å². The monoisotopic (exact) mass is 395 g/mol. The largest absolute Gasteiger partial charge is 0.481 e. The number of carbonyl (C=O) groups is 1. The molecule has 0 spiro atoms. The summed E-state index contributed by atoms with van der Waals surface area (Å²) in [5.41, 5.74) is 3.48. The van der Waals surface area contributed by atoms with E-state index >= 15 is 0 Å². The lowest BCUT2D eigenvalue weighted by Gasteiger charge is -2.17. The van der Waals surface area contributed by atoms with Crippen LogP contribution in [-0.2, 0) is 11.3 Å². The van der Waals surface area contributed by atoms with Crippen molar-refractivity contribution in [2.75, 3.05) is 18.0 Å². The first-order chi connectivity index (χ1) is 13.9. The fourth-order valence-electron chi connectivity index (χ4n) is 3.47. The Balaban J connectivity index is 1.58. The Bertz CT molecular complexity index is 1100. The Hall–Kier alpha value is -3.49. The van der Waals surface area contributed by atoms with Gasteiger partial charge in [0.25, 0.3) is 5.56 Å². The summed E-state index contributed by atoms with van der Waals surface area (Å²) in [5, 5.41) is 17.6. The van der Waals surface area contributed by atoms with Gasteiger partial charge >= 0.3 is 5.97 Å². The molecule has 0 radical (unpaired) electrons. The van der Waals surface area contributed by atoms with Crippen molar-refractivity contribution >= 4 is 11.7 Å². The van der Waals surface area contributed by atoms with E-state index in [2.05, 4.69) is 15.2 Å². The van der Waals surface area contributed by atoms with Gasteiger partial charge in [-0.3, -0.25) is 14.6 Å². The smallest absolute Gasteiger partial charge is 0.308 e. The van der Waals surface area contributed by atoms with E-state index in [0.29, 0.717) is 36.7 Å². The van der Waals surface area contributed by atoms with Crippen LogP contribution in [-0.4, -0.2) is 44.1 Å². The van der Waals surface area contributed by atoms with Crippen LogP contribution >= 0.6 is 0 Å². The van der Waals surface area contributed by atoms with E-state index in [0.717, 1.165) is 16.8 Å². The van der Waals surface area contributed by atoms with Crippen molar-refractivity contribution in [3.8, 4) is 11.3 Å². The molecule has 1 aliphatic heterocycles. The average Bonchev–Trinajstić information content (AvgIpc) is 3.32. The second-order valence-corrected chi connectivity index (χ2v) is 7.23. The second kappa shape index (κ2) is 7.50. The number of aliphatic carboxylic acids is 1. The fourth-order valence-corrected chi connectivity index (χ4v) is 3.47. The SMILES string of the molecule is Cc1ccc(-c2noc(C)c2Cn2ncc(N3CC[C@@H](C(=O)O)C3)cc2=O)cn1. The van der Waals surface area contributed by atoms with Gasteiger partial charge in [-0.15, -0.1) is 0 Å². The van der Waals surface area contributed by atoms with Gasteiger partial charge in [-0.1, -0.05) is 5.16 Å². The predicted octanol–water partition coefficient (Wildman–Crippen LogP) is 1.87. The summed E-state index contributed by atoms with van der Waals surface area (Å²) in [6.07, 6.45) is 3.88. The number of pyridine rings is 1. The van der Waals surface area contributed by atoms with Crippen LogP contribution in [0, 0.1) is 19.8 Å². The summed E-state index contributed by atoms with van der Waals surface area (Å²) in [6, 6.07) is 5.30. The maximum absolute atomic E-state index is 12.6. The predicted molar refractivity (Wildman–Crippen MR) is 105 cm³/mol. The topological polar surface area (TPSA) is 114 Å². The molecule has 9 nitrogen and oxygen atoms in total. The van der Waals surface area contributed by atoms with E-state index < -0.39 is 11.9 Å². The highest BCUT2D eigenvalue weighted by molar-refractivity contribution is 5.72. The molecule has 4 heterocycles. The third-order valence-corrected chi connectivity index (χ3v) is 5.24. The highest BCUT2D eigenvalue weighted by atomic mass is 16.5. The molecule has 9 heteroatoms. The quantitative estimate of drug-likeness (QED) is 0.696. The number of carboxylic acid groups (broad SMARTS) is 1. The van der Waals surface area contributed by atoms with Gasteiger partial charge in [0, 0.05) is 42.2 Å². The van der Waals surface area contributed by atoms with Gasteiger partial charge in [-0.2, -0.15) is 5.10 Å². The maximum atomic E-state index is 12.6. The van der Waals surface area contributed by atoms with E-state index in [1.165, 1.54) is 10.7 Å². The molecule has 1 saturated heterocycles. The lowest BCUT2D eigenvalue weighted by atomic mass is 10.1. The first-order valence-electron chi connectivity index (χ1n) is 9.35. The van der Waals surface area contributed by atoms with Gasteiger partial charge in [0.1, 0.15) is 11.5 Å². The average molecular weight is 395 g/mol. The standard InChI is InChI=1S/C20H21N5O4/c1-12-3-4-14(8-21-12)19-17(13(2)29-23-19)11-25-18(26)7-16(9-22-25)24-6-5-15(10-24)20(27)28/h3-4,7-9,15H,5-6,10-11H2,1-2H3,(H,27,28)/t15-/m1/s1. The molecule has 1 N–H and O–H groups in total. The lowest BCUT2D eigenvalue weighted by Crippen LogP contribution is -2.28. The summed E-state index contributed by atoms with van der Waals surface area (Å²) >= 11 is 0. The third kappa shape index (κ3) is 3.75. The zero-order valence-electron chi connectivity index (χ0n) is 16.2. The van der Waals surface area contributed by atoms with Gasteiger partial charge in [-0.05, 0) is 32.4 Å². The van der Waals surface area contributed by atoms with Crippen LogP contribution in [0.4, 0.5) is 5.69 Å². The summed E-state index contributed by atoms with van der Waals surface area (Å²) in [4.78, 5) is 30.0. The van der Waals surface area contributed by atoms with Gasteiger partial charge < -0.3 is 14.5 Å². The Labute approximate surface area is 166 Å². The molecule has 3 aromatic rings. The minimum absolute atomic E-state index is 0.218. The molecule has 0 saturated carbocycles. The minimum Gasteiger partial charge on any atom is -0.481 e. The molecule has 0 bridgehead atoms. The van der Waals surface area contributed by atoms with Crippen molar-refractivity contribution in [2.24, 2.45) is 5.92 Å². The summed E-state index contributed by atoms with van der Waals surface area (Å²) in [7, 11) is 0. The first-order valence-corrected chi connectivity index (χ1v) is 9.35. The van der Waals surface area contributed by atoms with Crippen LogP contribution in [0.15, 0.2) is 39.9 Å². The molecule has 0 amide bonds. The molecule has 4 rings (SSSR count). The summed E-state index contributed by atoms with van der Waals surface area (Å²) < 4.78 is 6.69. The number of anilines is 1. The van der Waals surface area contributed by atoms with Crippen LogP contribution < -0.4 is 10.5 Å². The van der Waals surface area contributed by atoms with Gasteiger partial charge in [0.2, 0.25) is 0 Å². The van der Waals surface area contributed by atoms with E-state index in [-0.39, 0.29) is 12.1 Å². The van der Waals surface area contributed by atoms with Crippen molar-refractivity contribution in [2.45, 2.75) is 26.8 Å². The number of aryl methyl sites for hydroxylation is 2. The zero-order valence-corrected chi connectivity index (χ0v) is 16.2. The molecule has 150 valence electrons. The van der Waals surface area contributed by atoms with Crippen LogP contribution in [0.5, 0.6) is 0 Å². The van der Waals surface area contributed by atoms with Crippen molar-refractivity contribution in [3.05, 3.63) is 58.0 Å². The summed E-state index contributed by atoms with van der Waals surface area (Å²) in [6.45, 7) is 4.90.